The zero-order valence-electron chi connectivity index (χ0n) is 18.7. The van der Waals surface area contributed by atoms with Crippen LogP contribution < -0.4 is 9.64 Å². The molecule has 4 aromatic rings. The first kappa shape index (κ1) is 21.8. The molecule has 1 aromatic heterocycles. The monoisotopic (exact) mass is 461 g/mol. The highest BCUT2D eigenvalue weighted by molar-refractivity contribution is 7.22. The Labute approximate surface area is 197 Å². The predicted molar refractivity (Wildman–Crippen MR) is 133 cm³/mol. The molecule has 1 amide bonds. The summed E-state index contributed by atoms with van der Waals surface area (Å²) < 4.78 is 11.9. The molecule has 0 aliphatic carbocycles. The van der Waals surface area contributed by atoms with Crippen molar-refractivity contribution in [1.82, 2.24) is 9.88 Å². The molecule has 0 bridgehead atoms. The van der Waals surface area contributed by atoms with Gasteiger partial charge >= 0.3 is 0 Å². The first-order chi connectivity index (χ1) is 16.2. The normalized spacial score (nSPS) is 14.6. The van der Waals surface area contributed by atoms with Gasteiger partial charge in [0.15, 0.2) is 5.13 Å². The standard InChI is InChI=1S/C26H27N3O3S/c1-31-21-9-10-23-24(18-21)33-26(27-23)29(12-11-28-13-15-32-16-14-28)25(30)17-20-7-4-6-19-5-2-3-8-22(19)20/h2-10,18H,11-17H2,1H3. The summed E-state index contributed by atoms with van der Waals surface area (Å²) in [6, 6.07) is 20.2. The number of thiazole rings is 1. The third-order valence-electron chi connectivity index (χ3n) is 6.08. The Morgan fingerprint density at radius 3 is 2.79 bits per heavy atom. The molecule has 2 heterocycles. The summed E-state index contributed by atoms with van der Waals surface area (Å²) in [4.78, 5) is 22.7. The number of hydrogen-bond donors (Lipinski definition) is 0. The van der Waals surface area contributed by atoms with Crippen LogP contribution in [0.5, 0.6) is 5.75 Å². The molecule has 33 heavy (non-hydrogen) atoms. The number of ether oxygens (including phenoxy) is 2. The van der Waals surface area contributed by atoms with E-state index in [2.05, 4.69) is 23.1 Å². The molecule has 1 fully saturated rings. The summed E-state index contributed by atoms with van der Waals surface area (Å²) in [5, 5.41) is 3.00. The molecule has 6 nitrogen and oxygen atoms in total. The van der Waals surface area contributed by atoms with Gasteiger partial charge in [0.05, 0.1) is 37.0 Å². The smallest absolute Gasteiger partial charge is 0.233 e. The number of aromatic nitrogens is 1. The van der Waals surface area contributed by atoms with Gasteiger partial charge in [-0.2, -0.15) is 0 Å². The van der Waals surface area contributed by atoms with E-state index in [-0.39, 0.29) is 5.91 Å². The highest BCUT2D eigenvalue weighted by Gasteiger charge is 2.22. The Hall–Kier alpha value is -3.00. The molecule has 7 heteroatoms. The summed E-state index contributed by atoms with van der Waals surface area (Å²) in [6.07, 6.45) is 0.337. The van der Waals surface area contributed by atoms with Crippen molar-refractivity contribution in [3.63, 3.8) is 0 Å². The highest BCUT2D eigenvalue weighted by Crippen LogP contribution is 2.32. The largest absolute Gasteiger partial charge is 0.497 e. The number of methoxy groups -OCH3 is 1. The number of rotatable bonds is 7. The van der Waals surface area contributed by atoms with Crippen molar-refractivity contribution in [1.29, 1.82) is 0 Å². The van der Waals surface area contributed by atoms with Crippen LogP contribution in [0.15, 0.2) is 60.7 Å². The van der Waals surface area contributed by atoms with Crippen molar-refractivity contribution < 1.29 is 14.3 Å². The highest BCUT2D eigenvalue weighted by atomic mass is 32.1. The fourth-order valence-corrected chi connectivity index (χ4v) is 5.27. The fraction of sp³-hybridized carbons (Fsp3) is 0.308. The van der Waals surface area contributed by atoms with Gasteiger partial charge in [-0.05, 0) is 34.5 Å². The number of benzene rings is 3. The Morgan fingerprint density at radius 1 is 1.12 bits per heavy atom. The second-order valence-electron chi connectivity index (χ2n) is 8.14. The maximum Gasteiger partial charge on any atom is 0.233 e. The van der Waals surface area contributed by atoms with E-state index in [9.17, 15) is 4.79 Å². The van der Waals surface area contributed by atoms with Crippen LogP contribution in [0.3, 0.4) is 0 Å². The lowest BCUT2D eigenvalue weighted by atomic mass is 10.0. The van der Waals surface area contributed by atoms with Gasteiger partial charge in [-0.1, -0.05) is 53.8 Å². The van der Waals surface area contributed by atoms with E-state index in [1.54, 1.807) is 7.11 Å². The summed E-state index contributed by atoms with van der Waals surface area (Å²) >= 11 is 1.53. The van der Waals surface area contributed by atoms with E-state index in [4.69, 9.17) is 14.5 Å². The minimum Gasteiger partial charge on any atom is -0.497 e. The van der Waals surface area contributed by atoms with Gasteiger partial charge < -0.3 is 9.47 Å². The van der Waals surface area contributed by atoms with Gasteiger partial charge in [-0.25, -0.2) is 4.98 Å². The molecule has 0 radical (unpaired) electrons. The number of amides is 1. The molecule has 0 unspecified atom stereocenters. The molecule has 0 saturated carbocycles. The van der Waals surface area contributed by atoms with Crippen molar-refractivity contribution >= 4 is 43.4 Å². The molecule has 5 rings (SSSR count). The molecule has 0 spiro atoms. The lowest BCUT2D eigenvalue weighted by Crippen LogP contribution is -2.43. The molecular weight excluding hydrogens is 434 g/mol. The molecule has 1 aliphatic heterocycles. The number of morpholine rings is 1. The van der Waals surface area contributed by atoms with Crippen LogP contribution in [0.2, 0.25) is 0 Å². The van der Waals surface area contributed by atoms with Crippen LogP contribution in [0.25, 0.3) is 21.0 Å². The topological polar surface area (TPSA) is 54.9 Å². The van der Waals surface area contributed by atoms with Gasteiger partial charge in [-0.15, -0.1) is 0 Å². The third kappa shape index (κ3) is 4.85. The zero-order valence-corrected chi connectivity index (χ0v) is 19.5. The third-order valence-corrected chi connectivity index (χ3v) is 7.12. The molecule has 1 saturated heterocycles. The second-order valence-corrected chi connectivity index (χ2v) is 9.15. The SMILES string of the molecule is COc1ccc2nc(N(CCN3CCOCC3)C(=O)Cc3cccc4ccccc34)sc2c1. The van der Waals surface area contributed by atoms with Gasteiger partial charge in [0.2, 0.25) is 5.91 Å². The van der Waals surface area contributed by atoms with E-state index in [1.807, 2.05) is 47.4 Å². The van der Waals surface area contributed by atoms with Crippen molar-refractivity contribution in [2.24, 2.45) is 0 Å². The predicted octanol–water partition coefficient (Wildman–Crippen LogP) is 4.37. The molecule has 0 N–H and O–H groups in total. The molecular formula is C26H27N3O3S. The zero-order chi connectivity index (χ0) is 22.6. The van der Waals surface area contributed by atoms with Gasteiger partial charge in [0, 0.05) is 26.2 Å². The second kappa shape index (κ2) is 9.87. The first-order valence-electron chi connectivity index (χ1n) is 11.2. The molecule has 0 atom stereocenters. The van der Waals surface area contributed by atoms with Crippen LogP contribution in [-0.4, -0.2) is 62.3 Å². The number of nitrogens with zero attached hydrogens (tertiary/aromatic N) is 3. The summed E-state index contributed by atoms with van der Waals surface area (Å²) in [6.45, 7) is 4.66. The lowest BCUT2D eigenvalue weighted by molar-refractivity contribution is -0.118. The van der Waals surface area contributed by atoms with Crippen LogP contribution in [0.1, 0.15) is 5.56 Å². The van der Waals surface area contributed by atoms with Crippen LogP contribution in [0.4, 0.5) is 5.13 Å². The molecule has 1 aliphatic rings. The number of carbonyl (C=O) groups is 1. The number of fused-ring (bicyclic) bond motifs is 2. The van der Waals surface area contributed by atoms with Crippen LogP contribution in [-0.2, 0) is 16.0 Å². The van der Waals surface area contributed by atoms with Crippen molar-refractivity contribution in [2.75, 3.05) is 51.4 Å². The maximum absolute atomic E-state index is 13.7. The van der Waals surface area contributed by atoms with E-state index < -0.39 is 0 Å². The number of anilines is 1. The van der Waals surface area contributed by atoms with Gasteiger partial charge in [0.25, 0.3) is 0 Å². The van der Waals surface area contributed by atoms with Crippen LogP contribution in [0, 0.1) is 0 Å². The quantitative estimate of drug-likeness (QED) is 0.409. The number of hydrogen-bond acceptors (Lipinski definition) is 6. The summed E-state index contributed by atoms with van der Waals surface area (Å²) in [5.41, 5.74) is 1.92. The first-order valence-corrected chi connectivity index (χ1v) is 12.0. The summed E-state index contributed by atoms with van der Waals surface area (Å²) in [7, 11) is 1.66. The minimum absolute atomic E-state index is 0.0608. The maximum atomic E-state index is 13.7. The summed E-state index contributed by atoms with van der Waals surface area (Å²) in [5.74, 6) is 0.852. The Morgan fingerprint density at radius 2 is 1.94 bits per heavy atom. The Balaban J connectivity index is 1.44. The minimum atomic E-state index is 0.0608. The van der Waals surface area contributed by atoms with Gasteiger partial charge in [0.1, 0.15) is 5.75 Å². The van der Waals surface area contributed by atoms with E-state index in [0.717, 1.165) is 70.3 Å². The van der Waals surface area contributed by atoms with E-state index in [1.165, 1.54) is 11.3 Å². The Bertz CT molecular complexity index is 1260. The average molecular weight is 462 g/mol. The van der Waals surface area contributed by atoms with Gasteiger partial charge in [-0.3, -0.25) is 14.6 Å². The van der Waals surface area contributed by atoms with Crippen molar-refractivity contribution in [3.8, 4) is 5.75 Å². The molecule has 170 valence electrons. The van der Waals surface area contributed by atoms with E-state index >= 15 is 0 Å². The lowest BCUT2D eigenvalue weighted by Gasteiger charge is -2.29. The Kier molecular flexibility index (Phi) is 6.53. The number of carbonyl (C=O) groups excluding carboxylic acids is 1. The van der Waals surface area contributed by atoms with Crippen molar-refractivity contribution in [3.05, 3.63) is 66.2 Å². The molecule has 3 aromatic carbocycles. The van der Waals surface area contributed by atoms with Crippen molar-refractivity contribution in [2.45, 2.75) is 6.42 Å². The average Bonchev–Trinajstić information content (AvgIpc) is 3.28. The fourth-order valence-electron chi connectivity index (χ4n) is 4.23. The van der Waals surface area contributed by atoms with E-state index in [0.29, 0.717) is 13.0 Å². The van der Waals surface area contributed by atoms with Crippen LogP contribution >= 0.6 is 11.3 Å².